The summed E-state index contributed by atoms with van der Waals surface area (Å²) in [4.78, 5) is 24.0. The Morgan fingerprint density at radius 1 is 1.23 bits per heavy atom. The molecule has 1 aliphatic rings. The second kappa shape index (κ2) is 9.04. The zero-order chi connectivity index (χ0) is 22.8. The minimum absolute atomic E-state index is 0.0712. The summed E-state index contributed by atoms with van der Waals surface area (Å²) in [7, 11) is -3.18. The number of amides is 1. The molecule has 0 aliphatic carbocycles. The van der Waals surface area contributed by atoms with Crippen LogP contribution in [0, 0.1) is 10.1 Å². The van der Waals surface area contributed by atoms with Gasteiger partial charge in [0.05, 0.1) is 16.9 Å². The lowest BCUT2D eigenvalue weighted by Crippen LogP contribution is -2.27. The van der Waals surface area contributed by atoms with Gasteiger partial charge in [-0.25, -0.2) is 0 Å². The van der Waals surface area contributed by atoms with Crippen molar-refractivity contribution < 1.29 is 27.1 Å². The largest absolute Gasteiger partial charge is 0.493 e. The Bertz CT molecular complexity index is 1210. The predicted molar refractivity (Wildman–Crippen MR) is 119 cm³/mol. The third kappa shape index (κ3) is 4.70. The van der Waals surface area contributed by atoms with Gasteiger partial charge in [-0.05, 0) is 36.8 Å². The van der Waals surface area contributed by atoms with E-state index >= 15 is 0 Å². The molecule has 1 saturated heterocycles. The van der Waals surface area contributed by atoms with Crippen molar-refractivity contribution in [3.8, 4) is 11.5 Å². The molecule has 0 aromatic heterocycles. The van der Waals surface area contributed by atoms with Crippen LogP contribution in [0.15, 0.2) is 52.3 Å². The fourth-order valence-corrected chi connectivity index (χ4v) is 5.24. The average molecular weight is 481 g/mol. The Balaban J connectivity index is 1.93. The normalized spacial score (nSPS) is 15.4. The van der Waals surface area contributed by atoms with E-state index in [1.165, 1.54) is 54.1 Å². The molecule has 0 spiro atoms. The van der Waals surface area contributed by atoms with Gasteiger partial charge in [0.15, 0.2) is 16.4 Å². The van der Waals surface area contributed by atoms with E-state index in [2.05, 4.69) is 0 Å². The van der Waals surface area contributed by atoms with Crippen LogP contribution in [0.4, 0.5) is 5.69 Å². The molecule has 1 heterocycles. The number of hydrogen-bond donors (Lipinski definition) is 0. The minimum atomic E-state index is -4.50. The van der Waals surface area contributed by atoms with E-state index in [0.29, 0.717) is 21.3 Å². The Morgan fingerprint density at radius 3 is 2.55 bits per heavy atom. The lowest BCUT2D eigenvalue weighted by molar-refractivity contribution is -0.387. The number of nitro groups is 1. The standard InChI is InChI=1S/C19H16N2O7S3/c1-3-20-18(22)16(30-19(20)29)11-12-8-9-14(15(10-12)27-2)28-31(25,26)17-7-5-4-6-13(17)21(23)24/h4-11H,3H2,1-2H3/b16-11+. The summed E-state index contributed by atoms with van der Waals surface area (Å²) in [6, 6.07) is 9.24. The van der Waals surface area contributed by atoms with Crippen LogP contribution < -0.4 is 8.92 Å². The van der Waals surface area contributed by atoms with Crippen molar-refractivity contribution in [2.24, 2.45) is 0 Å². The van der Waals surface area contributed by atoms with E-state index in [9.17, 15) is 23.3 Å². The third-order valence-electron chi connectivity index (χ3n) is 4.21. The third-order valence-corrected chi connectivity index (χ3v) is 6.87. The molecule has 0 N–H and O–H groups in total. The van der Waals surface area contributed by atoms with Gasteiger partial charge in [-0.15, -0.1) is 0 Å². The molecule has 3 rings (SSSR count). The van der Waals surface area contributed by atoms with Crippen molar-refractivity contribution in [3.05, 3.63) is 63.0 Å². The van der Waals surface area contributed by atoms with Crippen molar-refractivity contribution in [1.29, 1.82) is 0 Å². The topological polar surface area (TPSA) is 116 Å². The van der Waals surface area contributed by atoms with E-state index < -0.39 is 25.6 Å². The van der Waals surface area contributed by atoms with Crippen molar-refractivity contribution >= 4 is 56.1 Å². The molecule has 0 unspecified atom stereocenters. The van der Waals surface area contributed by atoms with Gasteiger partial charge in [0.1, 0.15) is 4.32 Å². The highest BCUT2D eigenvalue weighted by Crippen LogP contribution is 2.36. The first kappa shape index (κ1) is 22.7. The number of likely N-dealkylation sites (N-methyl/N-ethyl adjacent to an activating group) is 1. The zero-order valence-electron chi connectivity index (χ0n) is 16.3. The molecule has 1 fully saturated rings. The van der Waals surface area contributed by atoms with Gasteiger partial charge in [-0.3, -0.25) is 19.8 Å². The number of thiocarbonyl (C=S) groups is 1. The van der Waals surface area contributed by atoms with Gasteiger partial charge in [0.25, 0.3) is 11.6 Å². The summed E-state index contributed by atoms with van der Waals surface area (Å²) >= 11 is 6.35. The fraction of sp³-hybridized carbons (Fsp3) is 0.158. The molecular formula is C19H16N2O7S3. The molecule has 31 heavy (non-hydrogen) atoms. The van der Waals surface area contributed by atoms with Gasteiger partial charge in [-0.1, -0.05) is 42.2 Å². The molecule has 2 aromatic rings. The molecule has 0 atom stereocenters. The van der Waals surface area contributed by atoms with E-state index in [1.54, 1.807) is 6.08 Å². The van der Waals surface area contributed by atoms with Crippen LogP contribution >= 0.6 is 24.0 Å². The number of methoxy groups -OCH3 is 1. The number of ether oxygens (including phenoxy) is 1. The average Bonchev–Trinajstić information content (AvgIpc) is 3.01. The number of hydrogen-bond acceptors (Lipinski definition) is 9. The number of benzene rings is 2. The van der Waals surface area contributed by atoms with Crippen molar-refractivity contribution in [3.63, 3.8) is 0 Å². The lowest BCUT2D eigenvalue weighted by Gasteiger charge is -2.12. The second-order valence-corrected chi connectivity index (χ2v) is 9.29. The van der Waals surface area contributed by atoms with Crippen LogP contribution in [0.25, 0.3) is 6.08 Å². The van der Waals surface area contributed by atoms with E-state index in [4.69, 9.17) is 21.1 Å². The highest BCUT2D eigenvalue weighted by Gasteiger charge is 2.31. The number of para-hydroxylation sites is 1. The fourth-order valence-electron chi connectivity index (χ4n) is 2.75. The smallest absolute Gasteiger partial charge is 0.346 e. The number of rotatable bonds is 7. The highest BCUT2D eigenvalue weighted by molar-refractivity contribution is 8.26. The van der Waals surface area contributed by atoms with Crippen molar-refractivity contribution in [2.45, 2.75) is 11.8 Å². The Morgan fingerprint density at radius 2 is 1.94 bits per heavy atom. The number of carbonyl (C=O) groups is 1. The first-order valence-electron chi connectivity index (χ1n) is 8.79. The zero-order valence-corrected chi connectivity index (χ0v) is 18.8. The number of carbonyl (C=O) groups excluding carboxylic acids is 1. The summed E-state index contributed by atoms with van der Waals surface area (Å²) in [6.07, 6.45) is 1.61. The van der Waals surface area contributed by atoms with Crippen molar-refractivity contribution in [2.75, 3.05) is 13.7 Å². The van der Waals surface area contributed by atoms with E-state index in [0.717, 1.165) is 12.1 Å². The molecule has 1 aliphatic heterocycles. The van der Waals surface area contributed by atoms with Gasteiger partial charge >= 0.3 is 10.1 Å². The van der Waals surface area contributed by atoms with Crippen LogP contribution in [0.3, 0.4) is 0 Å². The number of nitrogens with zero attached hydrogens (tertiary/aromatic N) is 2. The maximum Gasteiger partial charge on any atom is 0.346 e. The SMILES string of the molecule is CCN1C(=O)/C(=C\c2ccc(OS(=O)(=O)c3ccccc3[N+](=O)[O-])c(OC)c2)SC1=S. The lowest BCUT2D eigenvalue weighted by atomic mass is 10.2. The molecule has 1 amide bonds. The molecule has 0 radical (unpaired) electrons. The van der Waals surface area contributed by atoms with Crippen LogP contribution in [-0.4, -0.2) is 42.1 Å². The van der Waals surface area contributed by atoms with Crippen LogP contribution in [0.2, 0.25) is 0 Å². The maximum absolute atomic E-state index is 12.6. The molecule has 2 aromatic carbocycles. The van der Waals surface area contributed by atoms with Gasteiger partial charge in [-0.2, -0.15) is 8.42 Å². The quantitative estimate of drug-likeness (QED) is 0.193. The Labute approximate surface area is 187 Å². The summed E-state index contributed by atoms with van der Waals surface area (Å²) in [5, 5.41) is 11.2. The Kier molecular flexibility index (Phi) is 6.62. The van der Waals surface area contributed by atoms with Gasteiger partial charge in [0, 0.05) is 12.6 Å². The minimum Gasteiger partial charge on any atom is -0.493 e. The van der Waals surface area contributed by atoms with Gasteiger partial charge in [0.2, 0.25) is 0 Å². The molecular weight excluding hydrogens is 464 g/mol. The van der Waals surface area contributed by atoms with E-state index in [-0.39, 0.29) is 17.4 Å². The summed E-state index contributed by atoms with van der Waals surface area (Å²) in [5.41, 5.74) is -0.0417. The second-order valence-electron chi connectivity index (χ2n) is 6.10. The van der Waals surface area contributed by atoms with Crippen LogP contribution in [0.5, 0.6) is 11.5 Å². The van der Waals surface area contributed by atoms with E-state index in [1.807, 2.05) is 6.92 Å². The molecule has 12 heteroatoms. The Hall–Kier alpha value is -2.96. The molecule has 9 nitrogen and oxygen atoms in total. The molecule has 0 bridgehead atoms. The maximum atomic E-state index is 12.6. The summed E-state index contributed by atoms with van der Waals surface area (Å²) in [6.45, 7) is 2.28. The predicted octanol–water partition coefficient (Wildman–Crippen LogP) is 3.59. The molecule has 0 saturated carbocycles. The monoisotopic (exact) mass is 480 g/mol. The highest BCUT2D eigenvalue weighted by atomic mass is 32.2. The number of thioether (sulfide) groups is 1. The summed E-state index contributed by atoms with van der Waals surface area (Å²) in [5.74, 6) is -0.295. The molecule has 162 valence electrons. The van der Waals surface area contributed by atoms with Crippen LogP contribution in [0.1, 0.15) is 12.5 Å². The number of nitro benzene ring substituents is 1. The van der Waals surface area contributed by atoms with Gasteiger partial charge < -0.3 is 8.92 Å². The summed E-state index contributed by atoms with van der Waals surface area (Å²) < 4.78 is 36.1. The first-order valence-corrected chi connectivity index (χ1v) is 11.4. The first-order chi connectivity index (χ1) is 14.7. The van der Waals surface area contributed by atoms with Crippen molar-refractivity contribution in [1.82, 2.24) is 4.90 Å². The van der Waals surface area contributed by atoms with Crippen LogP contribution in [-0.2, 0) is 14.9 Å².